The molecule has 1 fully saturated rings. The van der Waals surface area contributed by atoms with Crippen LogP contribution < -0.4 is 5.56 Å². The third-order valence-electron chi connectivity index (χ3n) is 5.89. The number of nitrogens with zero attached hydrogens (tertiary/aromatic N) is 3. The molecule has 7 nitrogen and oxygen atoms in total. The first-order valence-corrected chi connectivity index (χ1v) is 12.4. The molecule has 0 radical (unpaired) electrons. The Kier molecular flexibility index (Phi) is 7.14. The number of amides is 1. The monoisotopic (exact) mass is 468 g/mol. The van der Waals surface area contributed by atoms with E-state index in [1.807, 2.05) is 20.8 Å². The van der Waals surface area contributed by atoms with E-state index in [0.29, 0.717) is 43.4 Å². The van der Waals surface area contributed by atoms with Crippen LogP contribution in [0.4, 0.5) is 4.79 Å². The molecule has 0 saturated carbocycles. The van der Waals surface area contributed by atoms with Gasteiger partial charge in [0, 0.05) is 36.6 Å². The smallest absolute Gasteiger partial charge is 0.409 e. The molecule has 1 aromatic carbocycles. The van der Waals surface area contributed by atoms with Crippen molar-refractivity contribution < 1.29 is 9.53 Å². The van der Waals surface area contributed by atoms with Gasteiger partial charge in [0.15, 0.2) is 0 Å². The number of ether oxygens (including phenoxy) is 1. The first-order chi connectivity index (χ1) is 15.8. The van der Waals surface area contributed by atoms with Crippen LogP contribution in [0.5, 0.6) is 0 Å². The minimum Gasteiger partial charge on any atom is -0.449 e. The summed E-state index contributed by atoms with van der Waals surface area (Å²) in [6.45, 7) is 12.0. The summed E-state index contributed by atoms with van der Waals surface area (Å²) < 4.78 is 5.38. The summed E-state index contributed by atoms with van der Waals surface area (Å²) in [5, 5.41) is 0.667. The van der Waals surface area contributed by atoms with Crippen LogP contribution >= 0.6 is 11.3 Å². The third-order valence-corrected chi connectivity index (χ3v) is 6.89. The van der Waals surface area contributed by atoms with Crippen molar-refractivity contribution in [3.05, 3.63) is 50.9 Å². The molecule has 0 atom stereocenters. The van der Waals surface area contributed by atoms with Gasteiger partial charge in [-0.1, -0.05) is 43.7 Å². The lowest BCUT2D eigenvalue weighted by Gasteiger charge is -2.21. The number of benzene rings is 1. The Bertz CT molecular complexity index is 1180. The Hall–Kier alpha value is -2.71. The number of aryl methyl sites for hydroxylation is 2. The maximum absolute atomic E-state index is 13.1. The first-order valence-electron chi connectivity index (χ1n) is 11.5. The SMILES string of the molecule is Cc1ccc(-c2c(C)sc3nc(CN4CCCN(C(=O)OCC(C)C)CC4)[nH]c(=O)c23)cc1. The molecule has 0 aliphatic carbocycles. The molecule has 1 aliphatic rings. The van der Waals surface area contributed by atoms with Gasteiger partial charge in [0.05, 0.1) is 18.5 Å². The topological polar surface area (TPSA) is 78.5 Å². The minimum atomic E-state index is -0.240. The first kappa shape index (κ1) is 23.4. The van der Waals surface area contributed by atoms with Gasteiger partial charge >= 0.3 is 6.09 Å². The molecule has 33 heavy (non-hydrogen) atoms. The largest absolute Gasteiger partial charge is 0.449 e. The van der Waals surface area contributed by atoms with Crippen molar-refractivity contribution in [2.45, 2.75) is 40.7 Å². The van der Waals surface area contributed by atoms with E-state index in [1.54, 1.807) is 16.2 Å². The van der Waals surface area contributed by atoms with Crippen molar-refractivity contribution in [3.8, 4) is 11.1 Å². The van der Waals surface area contributed by atoms with Gasteiger partial charge in [0.1, 0.15) is 10.7 Å². The lowest BCUT2D eigenvalue weighted by Crippen LogP contribution is -2.36. The number of thiophene rings is 1. The van der Waals surface area contributed by atoms with Gasteiger partial charge in [-0.3, -0.25) is 9.69 Å². The van der Waals surface area contributed by atoms with Crippen LogP contribution in [0.2, 0.25) is 0 Å². The lowest BCUT2D eigenvalue weighted by molar-refractivity contribution is 0.0930. The number of fused-ring (bicyclic) bond motifs is 1. The Balaban J connectivity index is 1.49. The second-order valence-electron chi connectivity index (χ2n) is 9.18. The Morgan fingerprint density at radius 3 is 2.64 bits per heavy atom. The average Bonchev–Trinajstić information content (AvgIpc) is 2.94. The molecule has 3 aromatic rings. The second-order valence-corrected chi connectivity index (χ2v) is 10.4. The van der Waals surface area contributed by atoms with Crippen molar-refractivity contribution in [2.75, 3.05) is 32.8 Å². The predicted octanol–water partition coefficient (Wildman–Crippen LogP) is 4.57. The van der Waals surface area contributed by atoms with Crippen molar-refractivity contribution in [3.63, 3.8) is 0 Å². The highest BCUT2D eigenvalue weighted by molar-refractivity contribution is 7.19. The Labute approximate surface area is 198 Å². The molecule has 0 bridgehead atoms. The highest BCUT2D eigenvalue weighted by atomic mass is 32.1. The van der Waals surface area contributed by atoms with Crippen LogP contribution in [0.15, 0.2) is 29.1 Å². The molecule has 1 aliphatic heterocycles. The number of hydrogen-bond donors (Lipinski definition) is 1. The highest BCUT2D eigenvalue weighted by Crippen LogP contribution is 2.35. The summed E-state index contributed by atoms with van der Waals surface area (Å²) in [6, 6.07) is 8.25. The summed E-state index contributed by atoms with van der Waals surface area (Å²) >= 11 is 1.57. The number of H-pyrrole nitrogens is 1. The zero-order chi connectivity index (χ0) is 23.5. The van der Waals surface area contributed by atoms with Crippen LogP contribution in [-0.2, 0) is 11.3 Å². The normalized spacial score (nSPS) is 15.2. The van der Waals surface area contributed by atoms with Gasteiger partial charge in [-0.2, -0.15) is 0 Å². The average molecular weight is 469 g/mol. The molecular formula is C25H32N4O3S. The molecule has 1 N–H and O–H groups in total. The van der Waals surface area contributed by atoms with Gasteiger partial charge in [0.2, 0.25) is 0 Å². The van der Waals surface area contributed by atoms with E-state index in [0.717, 1.165) is 40.3 Å². The van der Waals surface area contributed by atoms with Crippen molar-refractivity contribution >= 4 is 27.6 Å². The number of nitrogens with one attached hydrogen (secondary N) is 1. The minimum absolute atomic E-state index is 0.0939. The third kappa shape index (κ3) is 5.45. The number of carbonyl (C=O) groups is 1. The van der Waals surface area contributed by atoms with E-state index in [1.165, 1.54) is 5.56 Å². The van der Waals surface area contributed by atoms with Crippen molar-refractivity contribution in [1.29, 1.82) is 0 Å². The quantitative estimate of drug-likeness (QED) is 0.594. The zero-order valence-corrected chi connectivity index (χ0v) is 20.6. The maximum Gasteiger partial charge on any atom is 0.409 e. The van der Waals surface area contributed by atoms with Crippen LogP contribution in [-0.4, -0.2) is 58.6 Å². The zero-order valence-electron chi connectivity index (χ0n) is 19.8. The van der Waals surface area contributed by atoms with E-state index in [2.05, 4.69) is 41.1 Å². The summed E-state index contributed by atoms with van der Waals surface area (Å²) in [7, 11) is 0. The molecule has 0 unspecified atom stereocenters. The molecule has 4 rings (SSSR count). The van der Waals surface area contributed by atoms with Crippen LogP contribution in [0, 0.1) is 19.8 Å². The lowest BCUT2D eigenvalue weighted by atomic mass is 10.0. The molecular weight excluding hydrogens is 436 g/mol. The number of carbonyl (C=O) groups excluding carboxylic acids is 1. The number of hydrogen-bond acceptors (Lipinski definition) is 6. The fourth-order valence-corrected chi connectivity index (χ4v) is 5.22. The molecule has 3 heterocycles. The maximum atomic E-state index is 13.1. The summed E-state index contributed by atoms with van der Waals surface area (Å²) in [4.78, 5) is 39.1. The second kappa shape index (κ2) is 10.1. The predicted molar refractivity (Wildman–Crippen MR) is 133 cm³/mol. The number of aromatic amines is 1. The molecule has 1 saturated heterocycles. The highest BCUT2D eigenvalue weighted by Gasteiger charge is 2.22. The van der Waals surface area contributed by atoms with Crippen LogP contribution in [0.1, 0.15) is 36.5 Å². The van der Waals surface area contributed by atoms with E-state index >= 15 is 0 Å². The standard InChI is InChI=1S/C25H32N4O3S/c1-16(2)15-32-25(31)29-11-5-10-28(12-13-29)14-20-26-23(30)22-21(18(4)33-24(22)27-20)19-8-6-17(3)7-9-19/h6-9,16H,5,10-15H2,1-4H3,(H,26,27,30). The van der Waals surface area contributed by atoms with E-state index in [9.17, 15) is 9.59 Å². The molecule has 0 spiro atoms. The Morgan fingerprint density at radius 1 is 1.15 bits per heavy atom. The summed E-state index contributed by atoms with van der Waals surface area (Å²) in [6.07, 6.45) is 0.620. The molecule has 8 heteroatoms. The molecule has 1 amide bonds. The van der Waals surface area contributed by atoms with Crippen LogP contribution in [0.25, 0.3) is 21.3 Å². The fraction of sp³-hybridized carbons (Fsp3) is 0.480. The fourth-order valence-electron chi connectivity index (χ4n) is 4.16. The van der Waals surface area contributed by atoms with E-state index in [4.69, 9.17) is 9.72 Å². The molecule has 2 aromatic heterocycles. The number of rotatable bonds is 5. The van der Waals surface area contributed by atoms with Crippen LogP contribution in [0.3, 0.4) is 0 Å². The molecule has 176 valence electrons. The van der Waals surface area contributed by atoms with Gasteiger partial charge < -0.3 is 14.6 Å². The van der Waals surface area contributed by atoms with Crippen molar-refractivity contribution in [2.24, 2.45) is 5.92 Å². The Morgan fingerprint density at radius 2 is 1.91 bits per heavy atom. The summed E-state index contributed by atoms with van der Waals surface area (Å²) in [5.74, 6) is 0.989. The van der Waals surface area contributed by atoms with E-state index in [-0.39, 0.29) is 11.7 Å². The number of aromatic nitrogens is 2. The van der Waals surface area contributed by atoms with Gasteiger partial charge in [-0.15, -0.1) is 11.3 Å². The van der Waals surface area contributed by atoms with Gasteiger partial charge in [0.25, 0.3) is 5.56 Å². The van der Waals surface area contributed by atoms with E-state index < -0.39 is 0 Å². The summed E-state index contributed by atoms with van der Waals surface area (Å²) in [5.41, 5.74) is 3.11. The van der Waals surface area contributed by atoms with Gasteiger partial charge in [-0.25, -0.2) is 9.78 Å². The van der Waals surface area contributed by atoms with Gasteiger partial charge in [-0.05, 0) is 31.7 Å². The van der Waals surface area contributed by atoms with Crippen molar-refractivity contribution in [1.82, 2.24) is 19.8 Å².